The van der Waals surface area contributed by atoms with Gasteiger partial charge in [-0.1, -0.05) is 41.4 Å². The Morgan fingerprint density at radius 3 is 2.77 bits per heavy atom. The molecule has 3 nitrogen and oxygen atoms in total. The SMILES string of the molecule is N#Cc1ccccc1Cn1ccnc1-c1cc(Cl)ccc1Cl. The molecule has 1 aromatic heterocycles. The Morgan fingerprint density at radius 1 is 1.14 bits per heavy atom. The van der Waals surface area contributed by atoms with E-state index in [0.717, 1.165) is 17.0 Å². The van der Waals surface area contributed by atoms with Crippen LogP contribution in [0.25, 0.3) is 11.4 Å². The Labute approximate surface area is 138 Å². The molecule has 0 saturated carbocycles. The van der Waals surface area contributed by atoms with Crippen molar-refractivity contribution in [3.63, 3.8) is 0 Å². The Kier molecular flexibility index (Phi) is 4.15. The van der Waals surface area contributed by atoms with E-state index in [2.05, 4.69) is 11.1 Å². The number of hydrogen-bond acceptors (Lipinski definition) is 2. The first-order valence-corrected chi connectivity index (χ1v) is 7.39. The number of hydrogen-bond donors (Lipinski definition) is 0. The number of halogens is 2. The van der Waals surface area contributed by atoms with Crippen molar-refractivity contribution in [2.45, 2.75) is 6.54 Å². The first kappa shape index (κ1) is 14.6. The maximum Gasteiger partial charge on any atom is 0.141 e. The number of benzene rings is 2. The number of nitrogens with zero attached hydrogens (tertiary/aromatic N) is 3. The molecule has 0 bridgehead atoms. The molecule has 108 valence electrons. The van der Waals surface area contributed by atoms with Gasteiger partial charge in [0.2, 0.25) is 0 Å². The summed E-state index contributed by atoms with van der Waals surface area (Å²) in [4.78, 5) is 4.38. The Morgan fingerprint density at radius 2 is 1.95 bits per heavy atom. The van der Waals surface area contributed by atoms with Gasteiger partial charge >= 0.3 is 0 Å². The smallest absolute Gasteiger partial charge is 0.141 e. The molecule has 0 amide bonds. The topological polar surface area (TPSA) is 41.6 Å². The second-order valence-electron chi connectivity index (χ2n) is 4.77. The standard InChI is InChI=1S/C17H11Cl2N3/c18-14-5-6-16(19)15(9-14)17-21-7-8-22(17)11-13-4-2-1-3-12(13)10-20/h1-9H,11H2. The van der Waals surface area contributed by atoms with Gasteiger partial charge in [0.1, 0.15) is 5.82 Å². The Bertz CT molecular complexity index is 862. The van der Waals surface area contributed by atoms with Crippen LogP contribution in [0, 0.1) is 11.3 Å². The molecule has 0 unspecified atom stereocenters. The summed E-state index contributed by atoms with van der Waals surface area (Å²) in [6.07, 6.45) is 3.57. The number of nitriles is 1. The van der Waals surface area contributed by atoms with Crippen molar-refractivity contribution in [1.29, 1.82) is 5.26 Å². The average Bonchev–Trinajstić information content (AvgIpc) is 2.98. The molecule has 0 fully saturated rings. The van der Waals surface area contributed by atoms with E-state index in [0.29, 0.717) is 22.2 Å². The highest BCUT2D eigenvalue weighted by atomic mass is 35.5. The zero-order chi connectivity index (χ0) is 15.5. The van der Waals surface area contributed by atoms with Gasteiger partial charge in [-0.2, -0.15) is 5.26 Å². The first-order chi connectivity index (χ1) is 10.7. The predicted molar refractivity (Wildman–Crippen MR) is 87.9 cm³/mol. The van der Waals surface area contributed by atoms with Crippen LogP contribution in [0.15, 0.2) is 54.9 Å². The molecule has 0 N–H and O–H groups in total. The molecule has 0 aliphatic rings. The van der Waals surface area contributed by atoms with Gasteiger partial charge in [0.25, 0.3) is 0 Å². The van der Waals surface area contributed by atoms with Crippen LogP contribution in [0.4, 0.5) is 0 Å². The molecule has 5 heteroatoms. The Balaban J connectivity index is 2.03. The van der Waals surface area contributed by atoms with Crippen LogP contribution < -0.4 is 0 Å². The van der Waals surface area contributed by atoms with Crippen molar-refractivity contribution >= 4 is 23.2 Å². The van der Waals surface area contributed by atoms with Crippen molar-refractivity contribution in [3.05, 3.63) is 76.0 Å². The highest BCUT2D eigenvalue weighted by Crippen LogP contribution is 2.30. The fourth-order valence-electron chi connectivity index (χ4n) is 2.30. The van der Waals surface area contributed by atoms with Gasteiger partial charge in [-0.05, 0) is 29.8 Å². The van der Waals surface area contributed by atoms with Gasteiger partial charge < -0.3 is 4.57 Å². The maximum atomic E-state index is 9.20. The molecule has 1 heterocycles. The maximum absolute atomic E-state index is 9.20. The second-order valence-corrected chi connectivity index (χ2v) is 5.62. The van der Waals surface area contributed by atoms with E-state index in [4.69, 9.17) is 23.2 Å². The minimum Gasteiger partial charge on any atom is -0.326 e. The van der Waals surface area contributed by atoms with Crippen LogP contribution in [-0.2, 0) is 6.54 Å². The molecule has 0 radical (unpaired) electrons. The van der Waals surface area contributed by atoms with Crippen LogP contribution in [-0.4, -0.2) is 9.55 Å². The van der Waals surface area contributed by atoms with E-state index in [-0.39, 0.29) is 0 Å². The average molecular weight is 328 g/mol. The minimum atomic E-state index is 0.544. The van der Waals surface area contributed by atoms with E-state index >= 15 is 0 Å². The fraction of sp³-hybridized carbons (Fsp3) is 0.0588. The lowest BCUT2D eigenvalue weighted by Crippen LogP contribution is -2.03. The lowest BCUT2D eigenvalue weighted by atomic mass is 10.1. The molecule has 0 saturated heterocycles. The summed E-state index contributed by atoms with van der Waals surface area (Å²) in [5.41, 5.74) is 2.36. The van der Waals surface area contributed by atoms with E-state index < -0.39 is 0 Å². The van der Waals surface area contributed by atoms with Crippen molar-refractivity contribution in [2.75, 3.05) is 0 Å². The van der Waals surface area contributed by atoms with Crippen molar-refractivity contribution in [2.24, 2.45) is 0 Å². The fourth-order valence-corrected chi connectivity index (χ4v) is 2.67. The van der Waals surface area contributed by atoms with Crippen LogP contribution in [0.5, 0.6) is 0 Å². The third-order valence-electron chi connectivity index (χ3n) is 3.36. The lowest BCUT2D eigenvalue weighted by molar-refractivity contribution is 0.805. The van der Waals surface area contributed by atoms with Crippen molar-refractivity contribution < 1.29 is 0 Å². The minimum absolute atomic E-state index is 0.544. The Hall–Kier alpha value is -2.28. The highest BCUT2D eigenvalue weighted by molar-refractivity contribution is 6.35. The molecule has 3 aromatic rings. The van der Waals surface area contributed by atoms with Crippen molar-refractivity contribution in [1.82, 2.24) is 9.55 Å². The van der Waals surface area contributed by atoms with Gasteiger partial charge in [-0.15, -0.1) is 0 Å². The molecule has 0 atom stereocenters. The van der Waals surface area contributed by atoms with Gasteiger partial charge in [0.15, 0.2) is 0 Å². The first-order valence-electron chi connectivity index (χ1n) is 6.63. The normalized spacial score (nSPS) is 10.4. The molecule has 0 spiro atoms. The molecule has 3 rings (SSSR count). The van der Waals surface area contributed by atoms with Crippen LogP contribution >= 0.6 is 23.2 Å². The summed E-state index contributed by atoms with van der Waals surface area (Å²) in [6, 6.07) is 15.0. The van der Waals surface area contributed by atoms with Crippen LogP contribution in [0.1, 0.15) is 11.1 Å². The number of aromatic nitrogens is 2. The monoisotopic (exact) mass is 327 g/mol. The third-order valence-corrected chi connectivity index (χ3v) is 3.93. The van der Waals surface area contributed by atoms with Gasteiger partial charge in [0.05, 0.1) is 23.2 Å². The lowest BCUT2D eigenvalue weighted by Gasteiger charge is -2.10. The van der Waals surface area contributed by atoms with Gasteiger partial charge in [0, 0.05) is 23.0 Å². The molecular formula is C17H11Cl2N3. The van der Waals surface area contributed by atoms with Crippen molar-refractivity contribution in [3.8, 4) is 17.5 Å². The van der Waals surface area contributed by atoms with Gasteiger partial charge in [-0.25, -0.2) is 4.98 Å². The summed E-state index contributed by atoms with van der Waals surface area (Å²) in [6.45, 7) is 0.544. The molecule has 0 aliphatic carbocycles. The summed E-state index contributed by atoms with van der Waals surface area (Å²) in [5, 5.41) is 10.4. The zero-order valence-electron chi connectivity index (χ0n) is 11.5. The molecule has 22 heavy (non-hydrogen) atoms. The van der Waals surface area contributed by atoms with Crippen LogP contribution in [0.3, 0.4) is 0 Å². The summed E-state index contributed by atoms with van der Waals surface area (Å²) in [5.74, 6) is 0.722. The third kappa shape index (κ3) is 2.85. The zero-order valence-corrected chi connectivity index (χ0v) is 13.0. The molecule has 2 aromatic carbocycles. The largest absolute Gasteiger partial charge is 0.326 e. The quantitative estimate of drug-likeness (QED) is 0.694. The van der Waals surface area contributed by atoms with E-state index in [1.165, 1.54) is 0 Å². The highest BCUT2D eigenvalue weighted by Gasteiger charge is 2.12. The molecular weight excluding hydrogens is 317 g/mol. The van der Waals surface area contributed by atoms with E-state index in [9.17, 15) is 5.26 Å². The summed E-state index contributed by atoms with van der Waals surface area (Å²) < 4.78 is 1.95. The van der Waals surface area contributed by atoms with E-state index in [1.54, 1.807) is 30.5 Å². The predicted octanol–water partition coefficient (Wildman–Crippen LogP) is 4.78. The summed E-state index contributed by atoms with van der Waals surface area (Å²) >= 11 is 12.3. The summed E-state index contributed by atoms with van der Waals surface area (Å²) in [7, 11) is 0. The number of imidazole rings is 1. The van der Waals surface area contributed by atoms with Crippen LogP contribution in [0.2, 0.25) is 10.0 Å². The molecule has 0 aliphatic heterocycles. The number of rotatable bonds is 3. The van der Waals surface area contributed by atoms with E-state index in [1.807, 2.05) is 29.0 Å². The van der Waals surface area contributed by atoms with Gasteiger partial charge in [-0.3, -0.25) is 0 Å². The second kappa shape index (κ2) is 6.23.